The molecule has 5 nitrogen and oxygen atoms in total. The van der Waals surface area contributed by atoms with Crippen LogP contribution in [0.5, 0.6) is 0 Å². The quantitative estimate of drug-likeness (QED) is 0.518. The lowest BCUT2D eigenvalue weighted by atomic mass is 9.46. The number of benzene rings is 1. The van der Waals surface area contributed by atoms with Gasteiger partial charge in [-0.1, -0.05) is 35.4 Å². The van der Waals surface area contributed by atoms with Crippen molar-refractivity contribution < 1.29 is 9.84 Å². The summed E-state index contributed by atoms with van der Waals surface area (Å²) in [5.74, 6) is 0.878. The second kappa shape index (κ2) is 5.23. The zero-order valence-electron chi connectivity index (χ0n) is 13.4. The predicted octanol–water partition coefficient (Wildman–Crippen LogP) is 3.99. The van der Waals surface area contributed by atoms with Crippen LogP contribution in [0.4, 0.5) is 0 Å². The average molecular weight is 313 g/mol. The lowest BCUT2D eigenvalue weighted by Gasteiger charge is -2.64. The van der Waals surface area contributed by atoms with Gasteiger partial charge in [-0.3, -0.25) is 0 Å². The van der Waals surface area contributed by atoms with Gasteiger partial charge in [0.25, 0.3) is 0 Å². The maximum atomic E-state index is 11.5. The van der Waals surface area contributed by atoms with Gasteiger partial charge in [0.2, 0.25) is 0 Å². The highest BCUT2D eigenvalue weighted by Crippen LogP contribution is 2.64. The molecule has 4 bridgehead atoms. The van der Waals surface area contributed by atoms with Crippen LogP contribution in [-0.4, -0.2) is 23.4 Å². The fourth-order valence-electron chi connectivity index (χ4n) is 5.92. The third kappa shape index (κ3) is 2.26. The molecule has 5 rings (SSSR count). The van der Waals surface area contributed by atoms with Crippen LogP contribution in [0.25, 0.3) is 10.4 Å². The Bertz CT molecular complexity index is 645. The van der Waals surface area contributed by atoms with Crippen molar-refractivity contribution in [2.45, 2.75) is 49.3 Å². The van der Waals surface area contributed by atoms with Gasteiger partial charge in [0.15, 0.2) is 0 Å². The minimum atomic E-state index is -0.783. The molecular formula is C18H23N3O2. The smallest absolute Gasteiger partial charge is 0.0715 e. The van der Waals surface area contributed by atoms with E-state index in [1.165, 1.54) is 0 Å². The Morgan fingerprint density at radius 2 is 2.09 bits per heavy atom. The van der Waals surface area contributed by atoms with Gasteiger partial charge >= 0.3 is 0 Å². The van der Waals surface area contributed by atoms with E-state index in [1.807, 2.05) is 30.3 Å². The van der Waals surface area contributed by atoms with Crippen LogP contribution in [0.3, 0.4) is 0 Å². The van der Waals surface area contributed by atoms with E-state index in [2.05, 4.69) is 10.0 Å². The van der Waals surface area contributed by atoms with Gasteiger partial charge < -0.3 is 9.84 Å². The Labute approximate surface area is 136 Å². The van der Waals surface area contributed by atoms with Crippen molar-refractivity contribution in [3.05, 3.63) is 46.3 Å². The zero-order valence-corrected chi connectivity index (χ0v) is 13.4. The van der Waals surface area contributed by atoms with Gasteiger partial charge in [-0.15, -0.1) is 0 Å². The minimum Gasteiger partial charge on any atom is -0.389 e. The third-order valence-corrected chi connectivity index (χ3v) is 6.42. The molecule has 4 fully saturated rings. The number of hydrogen-bond donors (Lipinski definition) is 1. The third-order valence-electron chi connectivity index (χ3n) is 6.42. The summed E-state index contributed by atoms with van der Waals surface area (Å²) in [5, 5.41) is 15.6. The summed E-state index contributed by atoms with van der Waals surface area (Å²) >= 11 is 0. The van der Waals surface area contributed by atoms with Crippen LogP contribution < -0.4 is 0 Å². The molecule has 0 amide bonds. The zero-order chi connectivity index (χ0) is 16.1. The molecule has 0 aliphatic heterocycles. The largest absolute Gasteiger partial charge is 0.389 e. The van der Waals surface area contributed by atoms with Crippen molar-refractivity contribution in [1.82, 2.24) is 0 Å². The highest BCUT2D eigenvalue weighted by Gasteiger charge is 2.63. The van der Waals surface area contributed by atoms with Gasteiger partial charge in [-0.2, -0.15) is 0 Å². The Morgan fingerprint density at radius 3 is 2.74 bits per heavy atom. The second-order valence-corrected chi connectivity index (χ2v) is 7.73. The lowest BCUT2D eigenvalue weighted by molar-refractivity contribution is -0.244. The van der Waals surface area contributed by atoms with E-state index in [0.717, 1.165) is 31.2 Å². The van der Waals surface area contributed by atoms with E-state index in [9.17, 15) is 5.11 Å². The average Bonchev–Trinajstić information content (AvgIpc) is 2.53. The molecule has 4 aliphatic rings. The summed E-state index contributed by atoms with van der Waals surface area (Å²) in [7, 11) is 1.77. The second-order valence-electron chi connectivity index (χ2n) is 7.73. The molecule has 1 aromatic rings. The fourth-order valence-corrected chi connectivity index (χ4v) is 5.92. The lowest BCUT2D eigenvalue weighted by Crippen LogP contribution is -2.65. The van der Waals surface area contributed by atoms with Crippen molar-refractivity contribution >= 4 is 0 Å². The molecule has 0 heterocycles. The van der Waals surface area contributed by atoms with Crippen LogP contribution in [0.1, 0.15) is 43.7 Å². The van der Waals surface area contributed by atoms with Gasteiger partial charge in [0.05, 0.1) is 17.2 Å². The Hall–Kier alpha value is -1.55. The van der Waals surface area contributed by atoms with Crippen LogP contribution in [0.15, 0.2) is 35.4 Å². The maximum absolute atomic E-state index is 11.5. The number of rotatable bonds is 4. The van der Waals surface area contributed by atoms with Gasteiger partial charge in [0, 0.05) is 24.4 Å². The van der Waals surface area contributed by atoms with Crippen LogP contribution >= 0.6 is 0 Å². The molecule has 4 aliphatic carbocycles. The first kappa shape index (κ1) is 15.0. The molecule has 5 heteroatoms. The maximum Gasteiger partial charge on any atom is 0.0715 e. The SMILES string of the molecule is COC12CC3CC(C1)C([C@@H](N=[N+]=[N-])c1ccccc1)[C@](O)(C3)C2. The summed E-state index contributed by atoms with van der Waals surface area (Å²) in [6, 6.07) is 9.59. The molecule has 0 spiro atoms. The van der Waals surface area contributed by atoms with E-state index in [0.29, 0.717) is 18.3 Å². The topological polar surface area (TPSA) is 78.2 Å². The summed E-state index contributed by atoms with van der Waals surface area (Å²) in [5.41, 5.74) is 9.13. The normalized spacial score (nSPS) is 42.3. The van der Waals surface area contributed by atoms with Gasteiger partial charge in [-0.25, -0.2) is 0 Å². The van der Waals surface area contributed by atoms with Crippen LogP contribution in [0.2, 0.25) is 0 Å². The molecule has 4 unspecified atom stereocenters. The first-order chi connectivity index (χ1) is 11.1. The Balaban J connectivity index is 1.75. The molecular weight excluding hydrogens is 290 g/mol. The monoisotopic (exact) mass is 313 g/mol. The summed E-state index contributed by atoms with van der Waals surface area (Å²) < 4.78 is 5.85. The number of azide groups is 1. The Kier molecular flexibility index (Phi) is 3.41. The molecule has 1 N–H and O–H groups in total. The van der Waals surface area contributed by atoms with Gasteiger partial charge in [0.1, 0.15) is 0 Å². The van der Waals surface area contributed by atoms with E-state index in [4.69, 9.17) is 10.3 Å². The molecule has 6 atom stereocenters. The van der Waals surface area contributed by atoms with E-state index < -0.39 is 5.60 Å². The molecule has 0 aromatic heterocycles. The van der Waals surface area contributed by atoms with Gasteiger partial charge in [-0.05, 0) is 48.6 Å². The highest BCUT2D eigenvalue weighted by atomic mass is 16.5. The molecule has 0 saturated heterocycles. The van der Waals surface area contributed by atoms with E-state index in [-0.39, 0.29) is 17.6 Å². The molecule has 122 valence electrons. The van der Waals surface area contributed by atoms with Crippen molar-refractivity contribution in [2.24, 2.45) is 22.9 Å². The molecule has 23 heavy (non-hydrogen) atoms. The summed E-state index contributed by atoms with van der Waals surface area (Å²) in [6.45, 7) is 0. The minimum absolute atomic E-state index is 0.0133. The number of methoxy groups -OCH3 is 1. The number of nitrogens with zero attached hydrogens (tertiary/aromatic N) is 3. The first-order valence-electron chi connectivity index (χ1n) is 8.46. The standard InChI is InChI=1S/C18H23N3O2/c1-23-17-8-12-7-14(10-17)15(18(22,9-12)11-17)16(20-21-19)13-5-3-2-4-6-13/h2-6,12,14-16,22H,7-11H2,1H3/t12?,14?,15?,16-,17?,18-/m0/s1. The first-order valence-corrected chi connectivity index (χ1v) is 8.46. The van der Waals surface area contributed by atoms with Crippen molar-refractivity contribution in [3.8, 4) is 0 Å². The van der Waals surface area contributed by atoms with Crippen LogP contribution in [-0.2, 0) is 4.74 Å². The fraction of sp³-hybridized carbons (Fsp3) is 0.667. The van der Waals surface area contributed by atoms with E-state index >= 15 is 0 Å². The molecule has 0 radical (unpaired) electrons. The Morgan fingerprint density at radius 1 is 1.30 bits per heavy atom. The number of ether oxygens (including phenoxy) is 1. The summed E-state index contributed by atoms with van der Waals surface area (Å²) in [4.78, 5) is 3.10. The predicted molar refractivity (Wildman–Crippen MR) is 86.6 cm³/mol. The van der Waals surface area contributed by atoms with Crippen molar-refractivity contribution in [1.29, 1.82) is 0 Å². The van der Waals surface area contributed by atoms with Crippen molar-refractivity contribution in [3.63, 3.8) is 0 Å². The van der Waals surface area contributed by atoms with Crippen molar-refractivity contribution in [2.75, 3.05) is 7.11 Å². The summed E-state index contributed by atoms with van der Waals surface area (Å²) in [6.07, 6.45) is 4.62. The molecule has 1 aromatic carbocycles. The number of hydrogen-bond acceptors (Lipinski definition) is 3. The number of aliphatic hydroxyl groups is 1. The van der Waals surface area contributed by atoms with Crippen LogP contribution in [0, 0.1) is 17.8 Å². The molecule has 4 saturated carbocycles. The van der Waals surface area contributed by atoms with E-state index in [1.54, 1.807) is 7.11 Å². The highest BCUT2D eigenvalue weighted by molar-refractivity contribution is 5.25.